The second-order valence-corrected chi connectivity index (χ2v) is 7.12. The molecule has 6 nitrogen and oxygen atoms in total. The zero-order chi connectivity index (χ0) is 18.6. The third-order valence-electron chi connectivity index (χ3n) is 4.56. The van der Waals surface area contributed by atoms with Crippen molar-refractivity contribution in [3.8, 4) is 11.5 Å². The van der Waals surface area contributed by atoms with Crippen LogP contribution in [0.1, 0.15) is 36.6 Å². The molecule has 0 amide bonds. The van der Waals surface area contributed by atoms with E-state index in [0.717, 1.165) is 31.1 Å². The highest BCUT2D eigenvalue weighted by atomic mass is 16.7. The van der Waals surface area contributed by atoms with Gasteiger partial charge in [-0.15, -0.1) is 0 Å². The van der Waals surface area contributed by atoms with Gasteiger partial charge in [-0.1, -0.05) is 12.1 Å². The van der Waals surface area contributed by atoms with Crippen LogP contribution < -0.4 is 9.47 Å². The summed E-state index contributed by atoms with van der Waals surface area (Å²) in [6.45, 7) is 7.00. The lowest BCUT2D eigenvalue weighted by Gasteiger charge is -2.22. The summed E-state index contributed by atoms with van der Waals surface area (Å²) in [4.78, 5) is 6.63. The zero-order valence-electron chi connectivity index (χ0n) is 15.7. The molecule has 1 aliphatic heterocycles. The molecule has 0 radical (unpaired) electrons. The molecule has 0 saturated heterocycles. The second-order valence-electron chi connectivity index (χ2n) is 7.12. The Hall–Kier alpha value is -2.86. The van der Waals surface area contributed by atoms with E-state index in [4.69, 9.17) is 9.47 Å². The van der Waals surface area contributed by atoms with Crippen LogP contribution in [0.4, 0.5) is 0 Å². The largest absolute Gasteiger partial charge is 0.454 e. The van der Waals surface area contributed by atoms with Crippen molar-refractivity contribution in [2.45, 2.75) is 39.5 Å². The van der Waals surface area contributed by atoms with E-state index >= 15 is 0 Å². The van der Waals surface area contributed by atoms with Crippen LogP contribution in [0, 0.1) is 0 Å². The van der Waals surface area contributed by atoms with E-state index in [-0.39, 0.29) is 0 Å². The fraction of sp³-hybridized carbons (Fsp3) is 0.333. The van der Waals surface area contributed by atoms with Crippen molar-refractivity contribution in [2.24, 2.45) is 0 Å². The van der Waals surface area contributed by atoms with Gasteiger partial charge in [-0.25, -0.2) is 0 Å². The number of rotatable bonds is 7. The first-order chi connectivity index (χ1) is 13.2. The van der Waals surface area contributed by atoms with E-state index in [2.05, 4.69) is 53.2 Å². The molecule has 1 aliphatic rings. The maximum absolute atomic E-state index is 5.52. The lowest BCUT2D eigenvalue weighted by molar-refractivity contribution is 0.174. The highest BCUT2D eigenvalue weighted by Gasteiger charge is 2.16. The minimum atomic E-state index is 0.298. The average Bonchev–Trinajstić information content (AvgIpc) is 3.31. The monoisotopic (exact) mass is 364 g/mol. The van der Waals surface area contributed by atoms with E-state index in [1.807, 2.05) is 29.2 Å². The molecule has 0 atom stereocenters. The third kappa shape index (κ3) is 4.28. The van der Waals surface area contributed by atoms with Crippen LogP contribution in [0.25, 0.3) is 0 Å². The molecule has 0 saturated carbocycles. The predicted octanol–water partition coefficient (Wildman–Crippen LogP) is 3.79. The summed E-state index contributed by atoms with van der Waals surface area (Å²) in [6.07, 6.45) is 7.80. The molecular weight excluding hydrogens is 340 g/mol. The van der Waals surface area contributed by atoms with Gasteiger partial charge in [0.2, 0.25) is 6.79 Å². The molecule has 3 aromatic rings. The normalized spacial score (nSPS) is 12.9. The molecule has 1 aromatic carbocycles. The van der Waals surface area contributed by atoms with E-state index in [1.165, 1.54) is 16.7 Å². The minimum absolute atomic E-state index is 0.298. The predicted molar refractivity (Wildman–Crippen MR) is 102 cm³/mol. The maximum Gasteiger partial charge on any atom is 0.231 e. The quantitative estimate of drug-likeness (QED) is 0.638. The van der Waals surface area contributed by atoms with Gasteiger partial charge < -0.3 is 9.47 Å². The lowest BCUT2D eigenvalue weighted by atomic mass is 10.1. The number of aromatic nitrogens is 3. The van der Waals surface area contributed by atoms with Crippen molar-refractivity contribution < 1.29 is 9.47 Å². The summed E-state index contributed by atoms with van der Waals surface area (Å²) >= 11 is 0. The van der Waals surface area contributed by atoms with Crippen molar-refractivity contribution in [3.05, 3.63) is 71.8 Å². The Morgan fingerprint density at radius 2 is 1.81 bits per heavy atom. The van der Waals surface area contributed by atoms with Crippen molar-refractivity contribution in [2.75, 3.05) is 6.79 Å². The number of pyridine rings is 1. The van der Waals surface area contributed by atoms with Gasteiger partial charge in [-0.2, -0.15) is 5.10 Å². The summed E-state index contributed by atoms with van der Waals surface area (Å²) in [5.74, 6) is 1.64. The Bertz CT molecular complexity index is 892. The maximum atomic E-state index is 5.52. The second kappa shape index (κ2) is 7.80. The standard InChI is InChI=1S/C21H24N4O2/c1-16(2)25-14-19(10-23-25)13-24(12-18-4-3-7-22-9-18)11-17-5-6-20-21(8-17)27-15-26-20/h3-10,14,16H,11-13,15H2,1-2H3. The van der Waals surface area contributed by atoms with Crippen LogP contribution >= 0.6 is 0 Å². The molecule has 2 aromatic heterocycles. The third-order valence-corrected chi connectivity index (χ3v) is 4.56. The smallest absolute Gasteiger partial charge is 0.231 e. The van der Waals surface area contributed by atoms with Crippen molar-refractivity contribution in [3.63, 3.8) is 0 Å². The Morgan fingerprint density at radius 3 is 2.59 bits per heavy atom. The highest BCUT2D eigenvalue weighted by molar-refractivity contribution is 5.44. The summed E-state index contributed by atoms with van der Waals surface area (Å²) < 4.78 is 12.9. The summed E-state index contributed by atoms with van der Waals surface area (Å²) in [7, 11) is 0. The molecule has 4 rings (SSSR count). The van der Waals surface area contributed by atoms with Crippen molar-refractivity contribution in [1.29, 1.82) is 0 Å². The van der Waals surface area contributed by atoms with E-state index in [0.29, 0.717) is 12.8 Å². The molecule has 0 bridgehead atoms. The van der Waals surface area contributed by atoms with Crippen molar-refractivity contribution >= 4 is 0 Å². The number of hydrogen-bond acceptors (Lipinski definition) is 5. The van der Waals surface area contributed by atoms with Crippen LogP contribution in [0.2, 0.25) is 0 Å². The molecule has 3 heterocycles. The Morgan fingerprint density at radius 1 is 1.00 bits per heavy atom. The number of nitrogens with zero attached hydrogens (tertiary/aromatic N) is 4. The van der Waals surface area contributed by atoms with Gasteiger partial charge in [0.15, 0.2) is 11.5 Å². The number of fused-ring (bicyclic) bond motifs is 1. The van der Waals surface area contributed by atoms with E-state index in [9.17, 15) is 0 Å². The van der Waals surface area contributed by atoms with Crippen LogP contribution in [0.15, 0.2) is 55.1 Å². The molecule has 6 heteroatoms. The van der Waals surface area contributed by atoms with Gasteiger partial charge >= 0.3 is 0 Å². The zero-order valence-corrected chi connectivity index (χ0v) is 15.7. The number of benzene rings is 1. The van der Waals surface area contributed by atoms with Gasteiger partial charge in [0.05, 0.1) is 6.20 Å². The van der Waals surface area contributed by atoms with E-state index in [1.54, 1.807) is 6.20 Å². The Balaban J connectivity index is 1.53. The summed E-state index contributed by atoms with van der Waals surface area (Å²) in [5, 5.41) is 4.47. The lowest BCUT2D eigenvalue weighted by Crippen LogP contribution is -2.22. The topological polar surface area (TPSA) is 52.4 Å². The van der Waals surface area contributed by atoms with Crippen LogP contribution in [0.5, 0.6) is 11.5 Å². The molecule has 0 unspecified atom stereocenters. The molecule has 0 aliphatic carbocycles. The van der Waals surface area contributed by atoms with Gasteiger partial charge in [0, 0.05) is 49.8 Å². The van der Waals surface area contributed by atoms with Gasteiger partial charge in [0.1, 0.15) is 0 Å². The fourth-order valence-electron chi connectivity index (χ4n) is 3.21. The minimum Gasteiger partial charge on any atom is -0.454 e. The summed E-state index contributed by atoms with van der Waals surface area (Å²) in [6, 6.07) is 10.6. The summed E-state index contributed by atoms with van der Waals surface area (Å²) in [5.41, 5.74) is 3.59. The SMILES string of the molecule is CC(C)n1cc(CN(Cc2cccnc2)Cc2ccc3c(c2)OCO3)cn1. The van der Waals surface area contributed by atoms with E-state index < -0.39 is 0 Å². The Kier molecular flexibility index (Phi) is 5.07. The first kappa shape index (κ1) is 17.5. The Labute approximate surface area is 159 Å². The number of ether oxygens (including phenoxy) is 2. The molecular formula is C21H24N4O2. The van der Waals surface area contributed by atoms with Crippen LogP contribution in [-0.4, -0.2) is 26.5 Å². The highest BCUT2D eigenvalue weighted by Crippen LogP contribution is 2.33. The first-order valence-electron chi connectivity index (χ1n) is 9.20. The van der Waals surface area contributed by atoms with Crippen molar-refractivity contribution in [1.82, 2.24) is 19.7 Å². The fourth-order valence-corrected chi connectivity index (χ4v) is 3.21. The van der Waals surface area contributed by atoms with Crippen LogP contribution in [0.3, 0.4) is 0 Å². The molecule has 0 N–H and O–H groups in total. The molecule has 27 heavy (non-hydrogen) atoms. The number of hydrogen-bond donors (Lipinski definition) is 0. The molecule has 0 spiro atoms. The van der Waals surface area contributed by atoms with Crippen LogP contribution in [-0.2, 0) is 19.6 Å². The molecule has 0 fully saturated rings. The first-order valence-corrected chi connectivity index (χ1v) is 9.20. The van der Waals surface area contributed by atoms with Gasteiger partial charge in [-0.05, 0) is 43.2 Å². The average molecular weight is 364 g/mol. The van der Waals surface area contributed by atoms with Gasteiger partial charge in [0.25, 0.3) is 0 Å². The van der Waals surface area contributed by atoms with Gasteiger partial charge in [-0.3, -0.25) is 14.6 Å². The molecule has 140 valence electrons.